The molecule has 0 saturated carbocycles. The number of nitrogens with zero attached hydrogens (tertiary/aromatic N) is 2. The molecule has 84 valence electrons. The summed E-state index contributed by atoms with van der Waals surface area (Å²) in [5.74, 6) is 0. The Morgan fingerprint density at radius 3 is 2.81 bits per heavy atom. The summed E-state index contributed by atoms with van der Waals surface area (Å²) in [4.78, 5) is 9.43. The van der Waals surface area contributed by atoms with Gasteiger partial charge in [0.2, 0.25) is 0 Å². The Balaban J connectivity index is 1.72. The summed E-state index contributed by atoms with van der Waals surface area (Å²) >= 11 is 1.83. The zero-order valence-electron chi connectivity index (χ0n) is 9.31. The minimum Gasteiger partial charge on any atom is -0.312 e. The van der Waals surface area contributed by atoms with E-state index in [1.807, 2.05) is 23.7 Å². The lowest BCUT2D eigenvalue weighted by Gasteiger charge is -2.03. The summed E-state index contributed by atoms with van der Waals surface area (Å²) < 4.78 is 0. The van der Waals surface area contributed by atoms with Crippen LogP contribution in [0.5, 0.6) is 0 Å². The first-order valence-corrected chi connectivity index (χ1v) is 6.22. The van der Waals surface area contributed by atoms with Crippen LogP contribution in [-0.4, -0.2) is 16.5 Å². The highest BCUT2D eigenvalue weighted by atomic mass is 32.1. The maximum Gasteiger partial charge on any atom is 0.115 e. The smallest absolute Gasteiger partial charge is 0.115 e. The van der Waals surface area contributed by atoms with E-state index < -0.39 is 0 Å². The van der Waals surface area contributed by atoms with E-state index in [0.29, 0.717) is 0 Å². The predicted molar refractivity (Wildman–Crippen MR) is 66.5 cm³/mol. The van der Waals surface area contributed by atoms with Gasteiger partial charge in [0.1, 0.15) is 6.33 Å². The fourth-order valence-corrected chi connectivity index (χ4v) is 2.43. The van der Waals surface area contributed by atoms with Crippen molar-refractivity contribution in [3.63, 3.8) is 0 Å². The predicted octanol–water partition coefficient (Wildman–Crippen LogP) is 2.18. The van der Waals surface area contributed by atoms with E-state index in [9.17, 15) is 0 Å². The fraction of sp³-hybridized carbons (Fsp3) is 0.333. The molecule has 0 bridgehead atoms. The van der Waals surface area contributed by atoms with Gasteiger partial charge in [0.15, 0.2) is 0 Å². The van der Waals surface area contributed by atoms with E-state index >= 15 is 0 Å². The van der Waals surface area contributed by atoms with Crippen LogP contribution < -0.4 is 5.32 Å². The van der Waals surface area contributed by atoms with E-state index in [1.54, 1.807) is 6.33 Å². The number of thiophene rings is 1. The monoisotopic (exact) mass is 233 g/mol. The third-order valence-corrected chi connectivity index (χ3v) is 3.52. The maximum absolute atomic E-state index is 3.98. The first kappa shape index (κ1) is 11.2. The van der Waals surface area contributed by atoms with Crippen LogP contribution in [0, 0.1) is 6.92 Å². The first-order valence-electron chi connectivity index (χ1n) is 5.34. The highest BCUT2D eigenvalue weighted by molar-refractivity contribution is 7.10. The second kappa shape index (κ2) is 5.72. The minimum absolute atomic E-state index is 0.839. The van der Waals surface area contributed by atoms with E-state index in [-0.39, 0.29) is 0 Å². The Hall–Kier alpha value is -1.26. The summed E-state index contributed by atoms with van der Waals surface area (Å²) in [6.45, 7) is 4.00. The molecule has 0 saturated heterocycles. The van der Waals surface area contributed by atoms with Gasteiger partial charge in [-0.05, 0) is 30.4 Å². The second-order valence-corrected chi connectivity index (χ2v) is 4.70. The number of hydrogen-bond acceptors (Lipinski definition) is 4. The molecule has 0 aliphatic carbocycles. The minimum atomic E-state index is 0.839. The molecule has 16 heavy (non-hydrogen) atoms. The molecule has 0 radical (unpaired) electrons. The van der Waals surface area contributed by atoms with Gasteiger partial charge in [0.05, 0.1) is 0 Å². The van der Waals surface area contributed by atoms with Crippen LogP contribution in [0.15, 0.2) is 30.2 Å². The molecule has 0 unspecified atom stereocenters. The van der Waals surface area contributed by atoms with Gasteiger partial charge in [0.25, 0.3) is 0 Å². The molecule has 0 fully saturated rings. The van der Waals surface area contributed by atoms with E-state index in [0.717, 1.165) is 25.1 Å². The van der Waals surface area contributed by atoms with E-state index in [2.05, 4.69) is 33.7 Å². The van der Waals surface area contributed by atoms with Crippen molar-refractivity contribution in [1.82, 2.24) is 15.3 Å². The Labute approximate surface area is 99.6 Å². The van der Waals surface area contributed by atoms with Crippen LogP contribution in [-0.2, 0) is 13.0 Å². The Morgan fingerprint density at radius 2 is 2.12 bits per heavy atom. The molecule has 2 heterocycles. The third-order valence-electron chi connectivity index (χ3n) is 2.44. The van der Waals surface area contributed by atoms with Gasteiger partial charge < -0.3 is 5.32 Å². The number of rotatable bonds is 5. The normalized spacial score (nSPS) is 10.6. The van der Waals surface area contributed by atoms with Crippen molar-refractivity contribution in [3.05, 3.63) is 46.2 Å². The van der Waals surface area contributed by atoms with Crippen LogP contribution in [0.1, 0.15) is 16.0 Å². The number of nitrogens with one attached hydrogen (secondary N) is 1. The molecule has 1 N–H and O–H groups in total. The zero-order chi connectivity index (χ0) is 11.2. The molecular weight excluding hydrogens is 218 g/mol. The Morgan fingerprint density at radius 1 is 1.31 bits per heavy atom. The van der Waals surface area contributed by atoms with E-state index in [4.69, 9.17) is 0 Å². The fourth-order valence-electron chi connectivity index (χ4n) is 1.52. The van der Waals surface area contributed by atoms with Crippen LogP contribution >= 0.6 is 11.3 Å². The quantitative estimate of drug-likeness (QED) is 0.804. The molecule has 3 nitrogen and oxygen atoms in total. The highest BCUT2D eigenvalue weighted by Gasteiger charge is 1.99. The first-order chi connectivity index (χ1) is 7.86. The molecular formula is C12H15N3S. The molecule has 0 aliphatic heterocycles. The SMILES string of the molecule is Cc1ccsc1CCNCc1cncnc1. The van der Waals surface area contributed by atoms with Crippen molar-refractivity contribution >= 4 is 11.3 Å². The molecule has 2 aromatic rings. The number of hydrogen-bond donors (Lipinski definition) is 1. The summed E-state index contributed by atoms with van der Waals surface area (Å²) in [5.41, 5.74) is 2.53. The topological polar surface area (TPSA) is 37.8 Å². The summed E-state index contributed by atoms with van der Waals surface area (Å²) in [6, 6.07) is 2.17. The summed E-state index contributed by atoms with van der Waals surface area (Å²) in [6.07, 6.45) is 6.34. The molecule has 0 amide bonds. The third kappa shape index (κ3) is 3.12. The maximum atomic E-state index is 3.98. The lowest BCUT2D eigenvalue weighted by atomic mass is 10.2. The molecule has 4 heteroatoms. The van der Waals surface area contributed by atoms with Gasteiger partial charge in [-0.3, -0.25) is 0 Å². The van der Waals surface area contributed by atoms with Gasteiger partial charge in [-0.25, -0.2) is 9.97 Å². The van der Waals surface area contributed by atoms with Gasteiger partial charge >= 0.3 is 0 Å². The Kier molecular flexibility index (Phi) is 4.02. The molecule has 0 aliphatic rings. The van der Waals surface area contributed by atoms with Gasteiger partial charge in [0, 0.05) is 35.9 Å². The second-order valence-electron chi connectivity index (χ2n) is 3.70. The van der Waals surface area contributed by atoms with Gasteiger partial charge in [-0.1, -0.05) is 0 Å². The van der Waals surface area contributed by atoms with Crippen molar-refractivity contribution in [2.45, 2.75) is 19.9 Å². The molecule has 2 aromatic heterocycles. The highest BCUT2D eigenvalue weighted by Crippen LogP contribution is 2.15. The number of aromatic nitrogens is 2. The lowest BCUT2D eigenvalue weighted by Crippen LogP contribution is -2.16. The average molecular weight is 233 g/mol. The van der Waals surface area contributed by atoms with Gasteiger partial charge in [-0.15, -0.1) is 11.3 Å². The van der Waals surface area contributed by atoms with Crippen molar-refractivity contribution in [2.24, 2.45) is 0 Å². The Bertz CT molecular complexity index is 425. The van der Waals surface area contributed by atoms with Crippen molar-refractivity contribution in [3.8, 4) is 0 Å². The van der Waals surface area contributed by atoms with Crippen molar-refractivity contribution in [2.75, 3.05) is 6.54 Å². The lowest BCUT2D eigenvalue weighted by molar-refractivity contribution is 0.685. The van der Waals surface area contributed by atoms with Crippen LogP contribution in [0.2, 0.25) is 0 Å². The van der Waals surface area contributed by atoms with Crippen molar-refractivity contribution in [1.29, 1.82) is 0 Å². The number of aryl methyl sites for hydroxylation is 1. The average Bonchev–Trinajstić information content (AvgIpc) is 2.72. The van der Waals surface area contributed by atoms with E-state index in [1.165, 1.54) is 10.4 Å². The standard InChI is InChI=1S/C12H15N3S/c1-10-3-5-16-12(10)2-4-13-6-11-7-14-9-15-8-11/h3,5,7-9,13H,2,4,6H2,1H3. The summed E-state index contributed by atoms with van der Waals surface area (Å²) in [7, 11) is 0. The van der Waals surface area contributed by atoms with Crippen LogP contribution in [0.3, 0.4) is 0 Å². The van der Waals surface area contributed by atoms with Gasteiger partial charge in [-0.2, -0.15) is 0 Å². The molecule has 0 aromatic carbocycles. The summed E-state index contributed by atoms with van der Waals surface area (Å²) in [5, 5.41) is 5.54. The zero-order valence-corrected chi connectivity index (χ0v) is 10.1. The largest absolute Gasteiger partial charge is 0.312 e. The van der Waals surface area contributed by atoms with Crippen LogP contribution in [0.25, 0.3) is 0 Å². The molecule has 0 spiro atoms. The molecule has 2 rings (SSSR count). The van der Waals surface area contributed by atoms with Crippen molar-refractivity contribution < 1.29 is 0 Å². The molecule has 0 atom stereocenters. The van der Waals surface area contributed by atoms with Crippen LogP contribution in [0.4, 0.5) is 0 Å².